The summed E-state index contributed by atoms with van der Waals surface area (Å²) in [4.78, 5) is 95.4. The summed E-state index contributed by atoms with van der Waals surface area (Å²) in [6.45, 7) is 51.9. The van der Waals surface area contributed by atoms with Crippen LogP contribution in [0.25, 0.3) is 0 Å². The van der Waals surface area contributed by atoms with E-state index in [9.17, 15) is 48.9 Å². The van der Waals surface area contributed by atoms with Gasteiger partial charge in [0.05, 0.1) is 42.4 Å². The van der Waals surface area contributed by atoms with Crippen molar-refractivity contribution < 1.29 is 67.8 Å². The van der Waals surface area contributed by atoms with Gasteiger partial charge in [-0.15, -0.1) is 0 Å². The molecule has 8 saturated carbocycles. The van der Waals surface area contributed by atoms with Gasteiger partial charge in [-0.2, -0.15) is 0 Å². The number of carboxylic acid groups (broad SMARTS) is 1. The molecule has 16 nitrogen and oxygen atoms in total. The molecule has 0 spiro atoms. The number of halogens is 2. The number of rotatable bonds is 20. The maximum Gasteiger partial charge on any atom is 0.410 e. The van der Waals surface area contributed by atoms with Gasteiger partial charge in [0, 0.05) is 64.2 Å². The van der Waals surface area contributed by atoms with E-state index in [-0.39, 0.29) is 129 Å². The molecule has 10 aliphatic rings. The Morgan fingerprint density at radius 3 is 1.30 bits per heavy atom. The quantitative estimate of drug-likeness (QED) is 0.0713. The number of hydrogen-bond donors (Lipinski definition) is 4. The summed E-state index contributed by atoms with van der Waals surface area (Å²) < 4.78 is 24.1. The molecule has 12 rings (SSSR count). The summed E-state index contributed by atoms with van der Waals surface area (Å²) in [5, 5.41) is 39.3. The molecule has 0 unspecified atom stereocenters. The topological polar surface area (TPSA) is 232 Å². The van der Waals surface area contributed by atoms with Crippen LogP contribution in [0.15, 0.2) is 70.8 Å². The Morgan fingerprint density at radius 2 is 0.896 bits per heavy atom. The molecule has 640 valence electrons. The fourth-order valence-corrected chi connectivity index (χ4v) is 27.4. The fraction of sp³-hybridized carbons (Fsp3) is 0.763. The van der Waals surface area contributed by atoms with Crippen molar-refractivity contribution in [3.8, 4) is 0 Å². The number of carbonyl (C=O) groups is 7. The molecule has 18 atom stereocenters. The molecule has 0 saturated heterocycles. The second-order valence-electron chi connectivity index (χ2n) is 44.6. The molecule has 0 aliphatic heterocycles. The number of aliphatic hydroxyl groups excluding tert-OH is 2. The first-order valence-corrected chi connectivity index (χ1v) is 44.7. The molecule has 1 amide bonds. The van der Waals surface area contributed by atoms with Crippen molar-refractivity contribution in [3.05, 3.63) is 92.0 Å². The van der Waals surface area contributed by atoms with E-state index in [1.54, 1.807) is 44.7 Å². The van der Waals surface area contributed by atoms with E-state index in [1.807, 2.05) is 77.9 Å². The molecule has 2 aromatic carbocycles. The minimum atomic E-state index is -1.17. The number of nitrogens with zero attached hydrogens (tertiary/aromatic N) is 1. The van der Waals surface area contributed by atoms with Crippen molar-refractivity contribution in [2.75, 3.05) is 13.1 Å². The second-order valence-corrected chi connectivity index (χ2v) is 45.5. The smallest absolute Gasteiger partial charge is 0.410 e. The summed E-state index contributed by atoms with van der Waals surface area (Å²) in [7, 11) is 0. The van der Waals surface area contributed by atoms with Gasteiger partial charge in [0.2, 0.25) is 0 Å². The predicted molar refractivity (Wildman–Crippen MR) is 452 cm³/mol. The Labute approximate surface area is 699 Å². The van der Waals surface area contributed by atoms with Gasteiger partial charge in [0.1, 0.15) is 23.4 Å². The SMILES string of the molecule is CC(C)C1=C2[C@H]3CC[C@@H]4[C@@]5(C)CC[C@H](OC(=O)CC(C)(C)C(=O)O)C(C)(C)[C@@H]5CC[C@@]4(C)[C@]3(C)CC[C@@]2([C@@H](O)CNCc2ccc(Cl)cc2)CC1=O.CC(C)C1=C2[C@H]3CC[C@@H]4[C@@]5(C)CC[C@H](OC(=O)CC(C)(C)C(=O)OC(C)(C)C)C(C)(C)[C@@H]5CC[C@@]4(C)[C@]3(C)CC[C@@]2([C@@H](O)CN(Cc2ccc(Cl)cc2)C(=O)OC(C)(C)C)CC1=O. The number of carboxylic acids is 1. The molecule has 0 heterocycles. The van der Waals surface area contributed by atoms with Gasteiger partial charge in [0.15, 0.2) is 11.6 Å². The number of ether oxygens (including phenoxy) is 4. The molecule has 0 aromatic heterocycles. The lowest BCUT2D eigenvalue weighted by Gasteiger charge is -2.72. The second kappa shape index (κ2) is 31.7. The first kappa shape index (κ1) is 90.6. The van der Waals surface area contributed by atoms with Crippen LogP contribution >= 0.6 is 23.2 Å². The van der Waals surface area contributed by atoms with E-state index >= 15 is 0 Å². The molecule has 8 fully saturated rings. The van der Waals surface area contributed by atoms with Gasteiger partial charge in [-0.1, -0.05) is 156 Å². The van der Waals surface area contributed by atoms with Gasteiger partial charge in [0.25, 0.3) is 0 Å². The number of aliphatic carboxylic acids is 1. The number of carbonyl (C=O) groups excluding carboxylic acids is 6. The lowest BCUT2D eigenvalue weighted by molar-refractivity contribution is -0.235. The number of benzene rings is 2. The number of nitrogens with one attached hydrogen (secondary N) is 1. The molecule has 0 bridgehead atoms. The number of amides is 1. The van der Waals surface area contributed by atoms with E-state index in [4.69, 9.17) is 42.1 Å². The zero-order valence-electron chi connectivity index (χ0n) is 74.6. The van der Waals surface area contributed by atoms with Crippen LogP contribution in [0.1, 0.15) is 306 Å². The first-order chi connectivity index (χ1) is 52.9. The minimum absolute atomic E-state index is 0.00670. The van der Waals surface area contributed by atoms with Crippen molar-refractivity contribution in [3.63, 3.8) is 0 Å². The minimum Gasteiger partial charge on any atom is -0.481 e. The highest BCUT2D eigenvalue weighted by molar-refractivity contribution is 6.30. The average Bonchev–Trinajstić information content (AvgIpc) is 1.65. The molecule has 4 N–H and O–H groups in total. The summed E-state index contributed by atoms with van der Waals surface area (Å²) in [5.74, 6) is 0.298. The molecule has 18 heteroatoms. The monoisotopic (exact) mass is 1630 g/mol. The van der Waals surface area contributed by atoms with Crippen LogP contribution in [-0.2, 0) is 60.8 Å². The third-order valence-electron chi connectivity index (χ3n) is 33.3. The normalized spacial score (nSPS) is 35.3. The Kier molecular flexibility index (Phi) is 25.0. The number of Topliss-reactive ketones (excluding diaryl/α,β-unsaturated/α-hetero) is 2. The number of esters is 3. The average molecular weight is 1630 g/mol. The summed E-state index contributed by atoms with van der Waals surface area (Å²) in [6, 6.07) is 15.2. The Hall–Kier alpha value is -5.13. The zero-order chi connectivity index (χ0) is 85.3. The van der Waals surface area contributed by atoms with E-state index in [1.165, 1.54) is 5.57 Å². The van der Waals surface area contributed by atoms with Crippen LogP contribution < -0.4 is 5.32 Å². The Balaban J connectivity index is 0.000000230. The van der Waals surface area contributed by atoms with Crippen molar-refractivity contribution in [2.45, 2.75) is 343 Å². The van der Waals surface area contributed by atoms with Crippen molar-refractivity contribution >= 4 is 64.7 Å². The third kappa shape index (κ3) is 16.2. The van der Waals surface area contributed by atoms with Crippen LogP contribution in [0.2, 0.25) is 10.0 Å². The fourth-order valence-electron chi connectivity index (χ4n) is 27.1. The summed E-state index contributed by atoms with van der Waals surface area (Å²) in [5.41, 5.74) is 0.907. The van der Waals surface area contributed by atoms with E-state index in [0.29, 0.717) is 59.6 Å². The van der Waals surface area contributed by atoms with Gasteiger partial charge in [-0.3, -0.25) is 28.8 Å². The molecular weight excluding hydrogens is 1490 g/mol. The van der Waals surface area contributed by atoms with Crippen molar-refractivity contribution in [1.29, 1.82) is 0 Å². The largest absolute Gasteiger partial charge is 0.481 e. The summed E-state index contributed by atoms with van der Waals surface area (Å²) in [6.07, 6.45) is 12.9. The van der Waals surface area contributed by atoms with Crippen LogP contribution in [-0.4, -0.2) is 110 Å². The first-order valence-electron chi connectivity index (χ1n) is 43.9. The maximum atomic E-state index is 14.4. The van der Waals surface area contributed by atoms with Crippen LogP contribution in [0.5, 0.6) is 0 Å². The van der Waals surface area contributed by atoms with Gasteiger partial charge in [-0.25, -0.2) is 4.79 Å². The van der Waals surface area contributed by atoms with Crippen molar-refractivity contribution in [1.82, 2.24) is 10.2 Å². The highest BCUT2D eigenvalue weighted by Crippen LogP contribution is 2.80. The summed E-state index contributed by atoms with van der Waals surface area (Å²) >= 11 is 12.3. The number of aliphatic hydroxyl groups is 2. The lowest BCUT2D eigenvalue weighted by Crippen LogP contribution is -2.66. The zero-order valence-corrected chi connectivity index (χ0v) is 76.1. The van der Waals surface area contributed by atoms with Gasteiger partial charge >= 0.3 is 30.0 Å². The van der Waals surface area contributed by atoms with Crippen molar-refractivity contribution in [2.24, 2.45) is 112 Å². The number of ketones is 2. The third-order valence-corrected chi connectivity index (χ3v) is 33.8. The van der Waals surface area contributed by atoms with Gasteiger partial charge in [-0.05, 0) is 298 Å². The molecular formula is C97H144Cl2N2O14. The van der Waals surface area contributed by atoms with E-state index in [2.05, 4.69) is 102 Å². The van der Waals surface area contributed by atoms with E-state index in [0.717, 1.165) is 124 Å². The highest BCUT2D eigenvalue weighted by Gasteiger charge is 2.74. The Bertz CT molecular complexity index is 4100. The van der Waals surface area contributed by atoms with Crippen LogP contribution in [0.4, 0.5) is 4.79 Å². The number of allylic oxidation sites excluding steroid dienone is 2. The lowest BCUT2D eigenvalue weighted by atomic mass is 9.33. The van der Waals surface area contributed by atoms with Crippen LogP contribution in [0.3, 0.4) is 0 Å². The molecule has 115 heavy (non-hydrogen) atoms. The van der Waals surface area contributed by atoms with E-state index < -0.39 is 69.1 Å². The molecule has 10 aliphatic carbocycles. The molecule has 0 radical (unpaired) electrons. The number of fused-ring (bicyclic) bond motifs is 14. The molecule has 2 aromatic rings. The standard InChI is InChI=1S/C53H80ClNO8.C44H64ClNO6/c1-32(2)42-36(56)28-53(39(57)31-55(45(60)63-47(6,7)8)30-33-16-18-34(54)19-17-33)27-26-51(14)35(43(42)53)20-21-38-50(13)24-23-40(49(11,12)37(50)22-25-52(38,51)15)61-41(58)29-48(9,10)44(59)62-46(3,4)5;1-26(2)36-30(47)22-44(33(48)25-46-24-27-10-12-28(45)13-11-27)21-20-42(8)29(37(36)44)14-15-32-41(7)18-17-34(52-35(49)23-39(3,4)38(50)51)40(5,6)31(41)16-19-43(32,42)9/h16-19,32,35,37-40,57H,20-31H2,1-15H3;10-13,26,29,31-34,46,48H,14-25H2,1-9H3,(H,50,51)/t35-,37+,38-,39+,40+,50+,51-,52-,53+;29-,31+,32-,33+,34+,41+,42-,43-,44+/m11/s1. The maximum absolute atomic E-state index is 14.4. The van der Waals surface area contributed by atoms with Gasteiger partial charge < -0.3 is 44.5 Å². The van der Waals surface area contributed by atoms with Crippen LogP contribution in [0, 0.1) is 112 Å². The predicted octanol–water partition coefficient (Wildman–Crippen LogP) is 21.3. The number of hydrogen-bond acceptors (Lipinski definition) is 14. The Morgan fingerprint density at radius 1 is 0.496 bits per heavy atom. The highest BCUT2D eigenvalue weighted by atomic mass is 35.5.